The van der Waals surface area contributed by atoms with Gasteiger partial charge in [-0.1, -0.05) is 0 Å². The van der Waals surface area contributed by atoms with E-state index in [1.165, 1.54) is 24.8 Å². The van der Waals surface area contributed by atoms with Crippen molar-refractivity contribution < 1.29 is 18.0 Å². The molecule has 1 spiro atoms. The second kappa shape index (κ2) is 7.38. The highest BCUT2D eigenvalue weighted by molar-refractivity contribution is 5.76. The lowest BCUT2D eigenvalue weighted by molar-refractivity contribution is -0.133. The van der Waals surface area contributed by atoms with E-state index in [0.717, 1.165) is 45.1 Å². The number of carbonyl (C=O) groups excluding carboxylic acids is 1. The number of nitrogens with zero attached hydrogens (tertiary/aromatic N) is 2. The van der Waals surface area contributed by atoms with Gasteiger partial charge in [0.15, 0.2) is 11.7 Å². The fourth-order valence-corrected chi connectivity index (χ4v) is 4.06. The van der Waals surface area contributed by atoms with Crippen molar-refractivity contribution in [2.45, 2.75) is 32.1 Å². The number of benzene rings is 1. The molecule has 144 valence electrons. The Morgan fingerprint density at radius 2 is 2.07 bits per heavy atom. The average molecular weight is 375 g/mol. The van der Waals surface area contributed by atoms with Crippen LogP contribution in [-0.4, -0.2) is 42.0 Å². The van der Waals surface area contributed by atoms with Crippen LogP contribution in [0.4, 0.5) is 8.78 Å². The maximum absolute atomic E-state index is 13.8. The lowest BCUT2D eigenvalue weighted by Gasteiger charge is -2.38. The molecule has 1 aromatic carbocycles. The largest absolute Gasteiger partial charge is 0.441 e. The maximum atomic E-state index is 13.8. The first-order chi connectivity index (χ1) is 13.0. The van der Waals surface area contributed by atoms with E-state index in [1.54, 1.807) is 0 Å². The van der Waals surface area contributed by atoms with Crippen molar-refractivity contribution in [3.63, 3.8) is 0 Å². The number of aromatic nitrogens is 1. The van der Waals surface area contributed by atoms with E-state index in [-0.39, 0.29) is 17.2 Å². The Hall–Kier alpha value is -2.28. The summed E-state index contributed by atoms with van der Waals surface area (Å²) in [7, 11) is 0. The van der Waals surface area contributed by atoms with Crippen molar-refractivity contribution in [3.8, 4) is 11.3 Å². The monoisotopic (exact) mass is 375 g/mol. The third kappa shape index (κ3) is 3.88. The molecule has 2 aliphatic rings. The van der Waals surface area contributed by atoms with E-state index in [2.05, 4.69) is 10.3 Å². The molecule has 1 N–H and O–H groups in total. The Bertz CT molecular complexity index is 820. The van der Waals surface area contributed by atoms with Crippen LogP contribution in [0.2, 0.25) is 0 Å². The van der Waals surface area contributed by atoms with E-state index in [9.17, 15) is 13.6 Å². The molecule has 1 amide bonds. The summed E-state index contributed by atoms with van der Waals surface area (Å²) >= 11 is 0. The fourth-order valence-electron chi connectivity index (χ4n) is 4.06. The van der Waals surface area contributed by atoms with Gasteiger partial charge in [0.1, 0.15) is 11.6 Å². The van der Waals surface area contributed by atoms with E-state index in [0.29, 0.717) is 24.1 Å². The lowest BCUT2D eigenvalue weighted by atomic mass is 9.78. The molecule has 2 aromatic rings. The Morgan fingerprint density at radius 1 is 1.26 bits per heavy atom. The highest BCUT2D eigenvalue weighted by atomic mass is 19.1. The molecule has 0 aliphatic carbocycles. The van der Waals surface area contributed by atoms with Crippen LogP contribution in [0.5, 0.6) is 0 Å². The minimum absolute atomic E-state index is 0.100. The van der Waals surface area contributed by atoms with Gasteiger partial charge in [0.2, 0.25) is 5.91 Å². The van der Waals surface area contributed by atoms with E-state index >= 15 is 0 Å². The molecular weight excluding hydrogens is 352 g/mol. The average Bonchev–Trinajstić information content (AvgIpc) is 3.30. The summed E-state index contributed by atoms with van der Waals surface area (Å²) in [5.74, 6) is -0.613. The van der Waals surface area contributed by atoms with Crippen LogP contribution in [0.3, 0.4) is 0 Å². The lowest BCUT2D eigenvalue weighted by Crippen LogP contribution is -2.44. The normalized spacial score (nSPS) is 19.0. The molecule has 0 unspecified atom stereocenters. The first kappa shape index (κ1) is 18.1. The van der Waals surface area contributed by atoms with Gasteiger partial charge < -0.3 is 14.6 Å². The number of hydrogen-bond acceptors (Lipinski definition) is 4. The minimum atomic E-state index is -0.697. The number of halogens is 2. The van der Waals surface area contributed by atoms with Gasteiger partial charge >= 0.3 is 0 Å². The zero-order valence-corrected chi connectivity index (χ0v) is 15.1. The van der Waals surface area contributed by atoms with Crippen LogP contribution in [0, 0.1) is 17.0 Å². The third-order valence-electron chi connectivity index (χ3n) is 5.81. The molecule has 2 saturated heterocycles. The van der Waals surface area contributed by atoms with Gasteiger partial charge in [-0.2, -0.15) is 0 Å². The van der Waals surface area contributed by atoms with Crippen molar-refractivity contribution in [1.82, 2.24) is 15.2 Å². The van der Waals surface area contributed by atoms with Gasteiger partial charge in [0, 0.05) is 38.5 Å². The second-order valence-corrected chi connectivity index (χ2v) is 7.55. The number of rotatable bonds is 4. The summed E-state index contributed by atoms with van der Waals surface area (Å²) in [6.45, 7) is 3.75. The number of carbonyl (C=O) groups is 1. The molecule has 3 heterocycles. The number of aryl methyl sites for hydroxylation is 1. The number of oxazole rings is 1. The molecule has 2 aliphatic heterocycles. The Kier molecular flexibility index (Phi) is 4.95. The van der Waals surface area contributed by atoms with Crippen molar-refractivity contribution in [2.75, 3.05) is 26.2 Å². The molecule has 4 rings (SSSR count). The van der Waals surface area contributed by atoms with Gasteiger partial charge in [0.25, 0.3) is 0 Å². The highest BCUT2D eigenvalue weighted by Crippen LogP contribution is 2.37. The molecule has 0 radical (unpaired) electrons. The Balaban J connectivity index is 1.31. The van der Waals surface area contributed by atoms with E-state index < -0.39 is 11.6 Å². The summed E-state index contributed by atoms with van der Waals surface area (Å²) in [6.07, 6.45) is 5.40. The first-order valence-corrected chi connectivity index (χ1v) is 9.43. The molecule has 0 bridgehead atoms. The summed E-state index contributed by atoms with van der Waals surface area (Å²) in [5.41, 5.74) is 0.543. The number of nitrogens with one attached hydrogen (secondary N) is 1. The predicted molar refractivity (Wildman–Crippen MR) is 95.9 cm³/mol. The van der Waals surface area contributed by atoms with Crippen molar-refractivity contribution in [1.29, 1.82) is 0 Å². The molecule has 0 atom stereocenters. The van der Waals surface area contributed by atoms with Gasteiger partial charge in [0.05, 0.1) is 11.8 Å². The predicted octanol–water partition coefficient (Wildman–Crippen LogP) is 3.15. The van der Waals surface area contributed by atoms with Crippen LogP contribution in [0.25, 0.3) is 11.3 Å². The Labute approximate surface area is 156 Å². The molecule has 7 heteroatoms. The van der Waals surface area contributed by atoms with Crippen LogP contribution < -0.4 is 5.32 Å². The van der Waals surface area contributed by atoms with Crippen LogP contribution in [-0.2, 0) is 11.2 Å². The second-order valence-electron chi connectivity index (χ2n) is 7.55. The van der Waals surface area contributed by atoms with E-state index in [1.807, 2.05) is 4.90 Å². The SMILES string of the molecule is O=C(CCc1ncc(-c2ccc(F)cc2F)o1)N1CCC2(CCNC2)CC1. The number of hydrogen-bond donors (Lipinski definition) is 1. The highest BCUT2D eigenvalue weighted by Gasteiger charge is 2.37. The smallest absolute Gasteiger partial charge is 0.223 e. The topological polar surface area (TPSA) is 58.4 Å². The zero-order chi connectivity index (χ0) is 18.9. The summed E-state index contributed by atoms with van der Waals surface area (Å²) in [4.78, 5) is 18.5. The summed E-state index contributed by atoms with van der Waals surface area (Å²) in [5, 5.41) is 3.42. The van der Waals surface area contributed by atoms with Gasteiger partial charge in [-0.05, 0) is 43.4 Å². The van der Waals surface area contributed by atoms with Crippen LogP contribution in [0.1, 0.15) is 31.6 Å². The molecule has 5 nitrogen and oxygen atoms in total. The minimum Gasteiger partial charge on any atom is -0.441 e. The van der Waals surface area contributed by atoms with Crippen LogP contribution in [0.15, 0.2) is 28.8 Å². The molecule has 1 aromatic heterocycles. The zero-order valence-electron chi connectivity index (χ0n) is 15.1. The van der Waals surface area contributed by atoms with E-state index in [4.69, 9.17) is 4.42 Å². The molecule has 27 heavy (non-hydrogen) atoms. The molecule has 2 fully saturated rings. The maximum Gasteiger partial charge on any atom is 0.223 e. The fraction of sp³-hybridized carbons (Fsp3) is 0.500. The molecule has 0 saturated carbocycles. The van der Waals surface area contributed by atoms with Crippen molar-refractivity contribution in [3.05, 3.63) is 41.9 Å². The van der Waals surface area contributed by atoms with Gasteiger partial charge in [-0.3, -0.25) is 4.79 Å². The quantitative estimate of drug-likeness (QED) is 0.892. The van der Waals surface area contributed by atoms with Gasteiger partial charge in [-0.15, -0.1) is 0 Å². The molecular formula is C20H23F2N3O2. The van der Waals surface area contributed by atoms with Gasteiger partial charge in [-0.25, -0.2) is 13.8 Å². The number of piperidine rings is 1. The number of amides is 1. The standard InChI is InChI=1S/C20H23F2N3O2/c21-14-1-2-15(16(22)11-14)17-12-24-18(27-17)3-4-19(26)25-9-6-20(7-10-25)5-8-23-13-20/h1-2,11-12,23H,3-10,13H2. The van der Waals surface area contributed by atoms with Crippen molar-refractivity contribution >= 4 is 5.91 Å². The summed E-state index contributed by atoms with van der Waals surface area (Å²) < 4.78 is 32.4. The van der Waals surface area contributed by atoms with Crippen molar-refractivity contribution in [2.24, 2.45) is 5.41 Å². The third-order valence-corrected chi connectivity index (χ3v) is 5.81. The summed E-state index contributed by atoms with van der Waals surface area (Å²) in [6, 6.07) is 3.30. The first-order valence-electron chi connectivity index (χ1n) is 9.43. The number of likely N-dealkylation sites (tertiary alicyclic amines) is 1. The Morgan fingerprint density at radius 3 is 2.78 bits per heavy atom. The van der Waals surface area contributed by atoms with Crippen LogP contribution >= 0.6 is 0 Å².